The number of hydrogen-bond donors (Lipinski definition) is 15. The highest BCUT2D eigenvalue weighted by atomic mass is 32.1. The Balaban J connectivity index is 3.15. The van der Waals surface area contributed by atoms with Gasteiger partial charge in [-0.2, -0.15) is 37.9 Å². The molecule has 27 heteroatoms. The van der Waals surface area contributed by atoms with Crippen LogP contribution < -0.4 is 59.7 Å². The highest BCUT2D eigenvalue weighted by Crippen LogP contribution is 2.21. The van der Waals surface area contributed by atoms with Crippen molar-refractivity contribution in [3.63, 3.8) is 0 Å². The van der Waals surface area contributed by atoms with Gasteiger partial charge in [0.25, 0.3) is 0 Å². The largest absolute Gasteiger partial charge is 0.480 e. The number of aliphatic carboxylic acids is 1. The molecule has 9 atom stereocenters. The fourth-order valence-corrected chi connectivity index (χ4v) is 7.81. The quantitative estimate of drug-likeness (QED) is 0.0229. The van der Waals surface area contributed by atoms with Crippen LogP contribution in [-0.4, -0.2) is 166 Å². The van der Waals surface area contributed by atoms with Gasteiger partial charge in [-0.05, 0) is 69.2 Å². The molecule has 10 amide bonds. The van der Waals surface area contributed by atoms with E-state index in [0.29, 0.717) is 19.3 Å². The molecular weight excluding hydrogens is 973 g/mol. The predicted molar refractivity (Wildman–Crippen MR) is 269 cm³/mol. The van der Waals surface area contributed by atoms with Gasteiger partial charge < -0.3 is 69.7 Å². The predicted octanol–water partition coefficient (Wildman–Crippen LogP) is -3.56. The molecule has 0 aromatic carbocycles. The first-order valence-electron chi connectivity index (χ1n) is 23.3. The molecule has 0 aromatic rings. The number of nitrogens with zero attached hydrogens (tertiary/aromatic N) is 1. The van der Waals surface area contributed by atoms with Gasteiger partial charge in [0.05, 0.1) is 12.6 Å². The second-order valence-corrected chi connectivity index (χ2v) is 19.2. The topological polar surface area (TPSA) is 386 Å². The smallest absolute Gasteiger partial charge is 0.327 e. The van der Waals surface area contributed by atoms with Crippen LogP contribution in [0.15, 0.2) is 0 Å². The SMILES string of the molecule is CC(C)C[C@H](NC(=O)[C@H](CCC(N)=O)NC(=O)CNC(=O)[C@H](CCCCN)NC(=O)[C@H](CS)NC(=O)[C@@H](NC(=O)[C@@H]1CCCN1C(=O)[C@@H](NC(=O)[C@@H](N)CS)C(C)C)C(C)C)C(=O)N[C@@H](CS)C(=O)O. The van der Waals surface area contributed by atoms with E-state index in [9.17, 15) is 57.8 Å². The number of amides is 10. The summed E-state index contributed by atoms with van der Waals surface area (Å²) in [4.78, 5) is 145. The summed E-state index contributed by atoms with van der Waals surface area (Å²) < 4.78 is 0. The van der Waals surface area contributed by atoms with E-state index < -0.39 is 132 Å². The first kappa shape index (κ1) is 63.2. The normalized spacial score (nSPS) is 16.9. The van der Waals surface area contributed by atoms with Crippen molar-refractivity contribution >= 4 is 103 Å². The van der Waals surface area contributed by atoms with Gasteiger partial charge in [-0.3, -0.25) is 47.9 Å². The number of likely N-dealkylation sites (tertiary alicyclic amines) is 1. The van der Waals surface area contributed by atoms with E-state index in [1.54, 1.807) is 41.5 Å². The molecule has 1 fully saturated rings. The van der Waals surface area contributed by atoms with Crippen LogP contribution in [0.5, 0.6) is 0 Å². The second kappa shape index (κ2) is 32.2. The first-order valence-corrected chi connectivity index (χ1v) is 25.2. The molecule has 1 aliphatic heterocycles. The number of carboxylic acid groups (broad SMARTS) is 1. The Kier molecular flexibility index (Phi) is 29.0. The minimum absolute atomic E-state index is 0.0488. The summed E-state index contributed by atoms with van der Waals surface area (Å²) in [6, 6.07) is -10.7. The van der Waals surface area contributed by atoms with Gasteiger partial charge in [0, 0.05) is 30.2 Å². The molecule has 1 heterocycles. The van der Waals surface area contributed by atoms with Gasteiger partial charge in [0.2, 0.25) is 59.1 Å². The summed E-state index contributed by atoms with van der Waals surface area (Å²) in [7, 11) is 0. The highest BCUT2D eigenvalue weighted by molar-refractivity contribution is 7.80. The maximum Gasteiger partial charge on any atom is 0.327 e. The minimum atomic E-state index is -1.43. The molecule has 0 aromatic heterocycles. The molecular formula is C43H76N12O12S3. The Hall–Kier alpha value is -4.86. The number of nitrogens with one attached hydrogen (secondary N) is 8. The summed E-state index contributed by atoms with van der Waals surface area (Å²) >= 11 is 12.2. The lowest BCUT2D eigenvalue weighted by Gasteiger charge is -2.32. The molecule has 0 spiro atoms. The minimum Gasteiger partial charge on any atom is -0.480 e. The van der Waals surface area contributed by atoms with Gasteiger partial charge in [-0.1, -0.05) is 41.5 Å². The monoisotopic (exact) mass is 1050 g/mol. The number of carboxylic acids is 1. The molecule has 0 bridgehead atoms. The van der Waals surface area contributed by atoms with E-state index in [4.69, 9.17) is 17.2 Å². The van der Waals surface area contributed by atoms with E-state index in [0.717, 1.165) is 0 Å². The summed E-state index contributed by atoms with van der Waals surface area (Å²) in [5.74, 6) is -10.3. The lowest BCUT2D eigenvalue weighted by Crippen LogP contribution is -2.61. The molecule has 15 N–H and O–H groups in total. The molecule has 0 unspecified atom stereocenters. The van der Waals surface area contributed by atoms with Crippen LogP contribution in [0.3, 0.4) is 0 Å². The van der Waals surface area contributed by atoms with Crippen LogP contribution in [-0.2, 0) is 52.7 Å². The summed E-state index contributed by atoms with van der Waals surface area (Å²) in [6.07, 6.45) is 1.05. The molecule has 0 radical (unpaired) electrons. The third kappa shape index (κ3) is 21.6. The number of thiol groups is 3. The van der Waals surface area contributed by atoms with Crippen molar-refractivity contribution in [3.8, 4) is 0 Å². The number of nitrogens with two attached hydrogens (primary N) is 3. The molecule has 1 saturated heterocycles. The Labute approximate surface area is 425 Å². The third-order valence-corrected chi connectivity index (χ3v) is 12.3. The Morgan fingerprint density at radius 2 is 1.17 bits per heavy atom. The zero-order chi connectivity index (χ0) is 53.4. The molecule has 0 saturated carbocycles. The molecule has 1 rings (SSSR count). The second-order valence-electron chi connectivity index (χ2n) is 18.1. The van der Waals surface area contributed by atoms with Crippen molar-refractivity contribution in [1.82, 2.24) is 47.4 Å². The highest BCUT2D eigenvalue weighted by Gasteiger charge is 2.41. The van der Waals surface area contributed by atoms with Gasteiger partial charge in [0.15, 0.2) is 0 Å². The van der Waals surface area contributed by atoms with Crippen LogP contribution in [0, 0.1) is 17.8 Å². The van der Waals surface area contributed by atoms with Crippen molar-refractivity contribution in [1.29, 1.82) is 0 Å². The van der Waals surface area contributed by atoms with Gasteiger partial charge >= 0.3 is 5.97 Å². The van der Waals surface area contributed by atoms with Crippen LogP contribution in [0.1, 0.15) is 92.9 Å². The van der Waals surface area contributed by atoms with Crippen LogP contribution >= 0.6 is 37.9 Å². The van der Waals surface area contributed by atoms with E-state index in [1.165, 1.54) is 4.90 Å². The lowest BCUT2D eigenvalue weighted by atomic mass is 10.0. The fraction of sp³-hybridized carbons (Fsp3) is 0.744. The maximum atomic E-state index is 13.8. The zero-order valence-electron chi connectivity index (χ0n) is 40.8. The molecule has 70 heavy (non-hydrogen) atoms. The lowest BCUT2D eigenvalue weighted by molar-refractivity contribution is -0.143. The molecule has 24 nitrogen and oxygen atoms in total. The van der Waals surface area contributed by atoms with E-state index >= 15 is 0 Å². The van der Waals surface area contributed by atoms with E-state index in [1.807, 2.05) is 0 Å². The number of unbranched alkanes of at least 4 members (excludes halogenated alkanes) is 1. The molecule has 1 aliphatic rings. The number of carbonyl (C=O) groups excluding carboxylic acids is 10. The summed E-state index contributed by atoms with van der Waals surface area (Å²) in [5, 5.41) is 29.5. The van der Waals surface area contributed by atoms with E-state index in [2.05, 4.69) is 80.4 Å². The molecule has 398 valence electrons. The van der Waals surface area contributed by atoms with Crippen molar-refractivity contribution in [3.05, 3.63) is 0 Å². The third-order valence-electron chi connectivity index (χ3n) is 11.1. The zero-order valence-corrected chi connectivity index (χ0v) is 43.5. The van der Waals surface area contributed by atoms with Crippen molar-refractivity contribution in [2.75, 3.05) is 36.9 Å². The van der Waals surface area contributed by atoms with Crippen LogP contribution in [0.25, 0.3) is 0 Å². The average molecular weight is 1050 g/mol. The Morgan fingerprint density at radius 3 is 1.70 bits per heavy atom. The summed E-state index contributed by atoms with van der Waals surface area (Å²) in [6.45, 7) is 10.1. The van der Waals surface area contributed by atoms with Crippen molar-refractivity contribution < 1.29 is 57.8 Å². The van der Waals surface area contributed by atoms with Gasteiger partial charge in [0.1, 0.15) is 48.3 Å². The fourth-order valence-electron chi connectivity index (χ4n) is 7.14. The number of carbonyl (C=O) groups is 11. The van der Waals surface area contributed by atoms with Crippen molar-refractivity contribution in [2.45, 2.75) is 147 Å². The van der Waals surface area contributed by atoms with Crippen molar-refractivity contribution in [2.24, 2.45) is 35.0 Å². The standard InChI is InChI=1S/C43H76N12O12S3/c1-21(2)16-27(38(61)52-29(20-70)43(66)67)50-37(60)26(12-13-31(46)56)48-32(57)17-47-36(59)25(10-7-8-14-44)49-39(62)28(19-69)51-41(64)33(22(3)4)53-40(63)30-11-9-15-55(30)42(65)34(23(5)6)54-35(58)24(45)18-68/h21-30,33-34,68-70H,7-20,44-45H2,1-6H3,(H2,46,56)(H,47,59)(H,48,57)(H,49,62)(H,50,60)(H,51,64)(H,52,61)(H,53,63)(H,54,58)(H,66,67)/t24-,25-,26-,27-,28-,29-,30-,33-,34-/m0/s1. The average Bonchev–Trinajstić information content (AvgIpc) is 3.80. The van der Waals surface area contributed by atoms with Gasteiger partial charge in [-0.15, -0.1) is 0 Å². The van der Waals surface area contributed by atoms with Crippen LogP contribution in [0.2, 0.25) is 0 Å². The van der Waals surface area contributed by atoms with Crippen LogP contribution in [0.4, 0.5) is 0 Å². The summed E-state index contributed by atoms with van der Waals surface area (Å²) in [5.41, 5.74) is 16.8. The Morgan fingerprint density at radius 1 is 0.629 bits per heavy atom. The van der Waals surface area contributed by atoms with Gasteiger partial charge in [-0.25, -0.2) is 4.79 Å². The maximum absolute atomic E-state index is 13.8. The number of rotatable bonds is 32. The number of primary amides is 1. The Bertz CT molecular complexity index is 1830. The first-order chi connectivity index (χ1) is 32.8. The van der Waals surface area contributed by atoms with E-state index in [-0.39, 0.29) is 74.3 Å². The molecule has 0 aliphatic carbocycles. The number of hydrogen-bond acceptors (Lipinski definition) is 16.